The molecule has 0 heterocycles. The van der Waals surface area contributed by atoms with Gasteiger partial charge in [-0.05, 0) is 77.0 Å². The Morgan fingerprint density at radius 1 is 0.333 bits per heavy atom. The van der Waals surface area contributed by atoms with Crippen LogP contribution >= 0.6 is 0 Å². The Hall–Kier alpha value is -3.15. The van der Waals surface area contributed by atoms with Crippen LogP contribution in [0.3, 0.4) is 0 Å². The number of hydrogen-bond donors (Lipinski definition) is 0. The third-order valence-corrected chi connectivity index (χ3v) is 11.3. The highest BCUT2D eigenvalue weighted by molar-refractivity contribution is 5.71. The Morgan fingerprint density at radius 2 is 0.635 bits per heavy atom. The summed E-state index contributed by atoms with van der Waals surface area (Å²) in [4.78, 5) is 38.0. The fourth-order valence-corrected chi connectivity index (χ4v) is 7.25. The monoisotopic (exact) mass is 879 g/mol. The lowest BCUT2D eigenvalue weighted by molar-refractivity contribution is -0.167. The molecule has 0 aliphatic carbocycles. The molecule has 6 heteroatoms. The number of rotatable bonds is 47. The van der Waals surface area contributed by atoms with Gasteiger partial charge in [0.2, 0.25) is 0 Å². The summed E-state index contributed by atoms with van der Waals surface area (Å²) in [6.45, 7) is 6.54. The first kappa shape index (κ1) is 59.9. The standard InChI is InChI=1S/C57H98O6/c1-4-7-10-13-16-19-22-24-26-28-30-31-33-35-38-41-44-47-50-56(59)62-53-54(52-61-55(58)49-46-43-40-37-21-18-15-12-9-6-3)63-57(60)51-48-45-42-39-36-34-32-29-27-25-23-20-17-14-11-8-5-2/h16-17,19-20,22,24-28,30-31,54H,4-15,18,21,23,29,32-53H2,1-3H3/b19-16-,20-17-,24-22-,27-25-,28-26-,31-30-. The topological polar surface area (TPSA) is 78.9 Å². The van der Waals surface area contributed by atoms with Crippen molar-refractivity contribution >= 4 is 17.9 Å². The van der Waals surface area contributed by atoms with Crippen LogP contribution in [0.25, 0.3) is 0 Å². The molecule has 362 valence electrons. The van der Waals surface area contributed by atoms with E-state index in [2.05, 4.69) is 93.7 Å². The van der Waals surface area contributed by atoms with Gasteiger partial charge in [-0.25, -0.2) is 0 Å². The van der Waals surface area contributed by atoms with Gasteiger partial charge >= 0.3 is 17.9 Å². The van der Waals surface area contributed by atoms with Crippen LogP contribution in [-0.4, -0.2) is 37.2 Å². The Kier molecular flexibility index (Phi) is 48.9. The Morgan fingerprint density at radius 3 is 1.05 bits per heavy atom. The molecule has 0 saturated heterocycles. The average Bonchev–Trinajstić information content (AvgIpc) is 3.28. The van der Waals surface area contributed by atoms with Crippen molar-refractivity contribution < 1.29 is 28.6 Å². The van der Waals surface area contributed by atoms with Crippen molar-refractivity contribution in [1.29, 1.82) is 0 Å². The minimum Gasteiger partial charge on any atom is -0.462 e. The summed E-state index contributed by atoms with van der Waals surface area (Å²) in [7, 11) is 0. The predicted molar refractivity (Wildman–Crippen MR) is 270 cm³/mol. The van der Waals surface area contributed by atoms with Gasteiger partial charge in [0.15, 0.2) is 6.10 Å². The zero-order valence-corrected chi connectivity index (χ0v) is 41.3. The molecule has 0 aliphatic rings. The second-order valence-corrected chi connectivity index (χ2v) is 17.5. The van der Waals surface area contributed by atoms with Gasteiger partial charge in [-0.2, -0.15) is 0 Å². The number of allylic oxidation sites excluding steroid dienone is 12. The van der Waals surface area contributed by atoms with Crippen LogP contribution in [0.5, 0.6) is 0 Å². The van der Waals surface area contributed by atoms with E-state index in [1.54, 1.807) is 0 Å². The van der Waals surface area contributed by atoms with E-state index in [9.17, 15) is 14.4 Å². The zero-order chi connectivity index (χ0) is 45.8. The molecule has 0 aliphatic heterocycles. The van der Waals surface area contributed by atoms with Crippen LogP contribution in [0.1, 0.15) is 252 Å². The second kappa shape index (κ2) is 51.5. The molecule has 0 amide bonds. The molecule has 0 N–H and O–H groups in total. The average molecular weight is 879 g/mol. The van der Waals surface area contributed by atoms with E-state index in [1.807, 2.05) is 0 Å². The van der Waals surface area contributed by atoms with E-state index in [0.717, 1.165) is 96.3 Å². The van der Waals surface area contributed by atoms with Crippen LogP contribution in [0.4, 0.5) is 0 Å². The van der Waals surface area contributed by atoms with E-state index in [0.29, 0.717) is 19.3 Å². The van der Waals surface area contributed by atoms with E-state index in [-0.39, 0.29) is 31.1 Å². The number of hydrogen-bond acceptors (Lipinski definition) is 6. The van der Waals surface area contributed by atoms with Crippen LogP contribution in [0, 0.1) is 0 Å². The lowest BCUT2D eigenvalue weighted by Gasteiger charge is -2.18. The fourth-order valence-electron chi connectivity index (χ4n) is 7.25. The summed E-state index contributed by atoms with van der Waals surface area (Å²) in [6, 6.07) is 0. The Labute approximate surface area is 389 Å². The summed E-state index contributed by atoms with van der Waals surface area (Å²) in [5.41, 5.74) is 0. The molecular weight excluding hydrogens is 781 g/mol. The summed E-state index contributed by atoms with van der Waals surface area (Å²) in [5, 5.41) is 0. The van der Waals surface area contributed by atoms with Crippen LogP contribution in [0.2, 0.25) is 0 Å². The number of unbranched alkanes of at least 4 members (excludes halogenated alkanes) is 27. The van der Waals surface area contributed by atoms with Crippen LogP contribution in [0.15, 0.2) is 72.9 Å². The number of carbonyl (C=O) groups excluding carboxylic acids is 3. The maximum atomic E-state index is 12.8. The molecular formula is C57H98O6. The molecule has 6 nitrogen and oxygen atoms in total. The first-order valence-electron chi connectivity index (χ1n) is 26.5. The van der Waals surface area contributed by atoms with Crippen LogP contribution < -0.4 is 0 Å². The van der Waals surface area contributed by atoms with Crippen molar-refractivity contribution in [2.24, 2.45) is 0 Å². The first-order valence-corrected chi connectivity index (χ1v) is 26.5. The Bertz CT molecular complexity index is 1190. The molecule has 63 heavy (non-hydrogen) atoms. The molecule has 0 spiro atoms. The third kappa shape index (κ3) is 49.7. The van der Waals surface area contributed by atoms with Gasteiger partial charge in [0.1, 0.15) is 13.2 Å². The fraction of sp³-hybridized carbons (Fsp3) is 0.737. The molecule has 0 aromatic heterocycles. The molecule has 0 aromatic carbocycles. The van der Waals surface area contributed by atoms with Gasteiger partial charge in [-0.15, -0.1) is 0 Å². The minimum absolute atomic E-state index is 0.0853. The maximum Gasteiger partial charge on any atom is 0.306 e. The van der Waals surface area contributed by atoms with E-state index in [4.69, 9.17) is 14.2 Å². The van der Waals surface area contributed by atoms with Gasteiger partial charge in [-0.1, -0.05) is 229 Å². The highest BCUT2D eigenvalue weighted by Crippen LogP contribution is 2.14. The summed E-state index contributed by atoms with van der Waals surface area (Å²) in [6.07, 6.45) is 64.5. The van der Waals surface area contributed by atoms with Crippen molar-refractivity contribution in [2.45, 2.75) is 258 Å². The van der Waals surface area contributed by atoms with Crippen LogP contribution in [-0.2, 0) is 28.6 Å². The van der Waals surface area contributed by atoms with E-state index >= 15 is 0 Å². The largest absolute Gasteiger partial charge is 0.462 e. The van der Waals surface area contributed by atoms with Crippen molar-refractivity contribution in [3.05, 3.63) is 72.9 Å². The minimum atomic E-state index is -0.787. The first-order chi connectivity index (χ1) is 31.0. The smallest absolute Gasteiger partial charge is 0.306 e. The van der Waals surface area contributed by atoms with Gasteiger partial charge in [-0.3, -0.25) is 14.4 Å². The number of ether oxygens (including phenoxy) is 3. The zero-order valence-electron chi connectivity index (χ0n) is 41.3. The molecule has 0 fully saturated rings. The molecule has 1 unspecified atom stereocenters. The normalized spacial score (nSPS) is 12.6. The molecule has 0 radical (unpaired) electrons. The number of carbonyl (C=O) groups is 3. The molecule has 0 saturated carbocycles. The quantitative estimate of drug-likeness (QED) is 0.0199. The van der Waals surface area contributed by atoms with E-state index < -0.39 is 6.10 Å². The number of esters is 3. The van der Waals surface area contributed by atoms with Crippen molar-refractivity contribution in [2.75, 3.05) is 13.2 Å². The second-order valence-electron chi connectivity index (χ2n) is 17.5. The lowest BCUT2D eigenvalue weighted by Crippen LogP contribution is -2.30. The third-order valence-electron chi connectivity index (χ3n) is 11.3. The van der Waals surface area contributed by atoms with Crippen molar-refractivity contribution in [3.8, 4) is 0 Å². The predicted octanol–water partition coefficient (Wildman–Crippen LogP) is 17.4. The van der Waals surface area contributed by atoms with Crippen molar-refractivity contribution in [3.63, 3.8) is 0 Å². The van der Waals surface area contributed by atoms with E-state index in [1.165, 1.54) is 116 Å². The van der Waals surface area contributed by atoms with Gasteiger partial charge in [0, 0.05) is 19.3 Å². The van der Waals surface area contributed by atoms with Crippen molar-refractivity contribution in [1.82, 2.24) is 0 Å². The molecule has 0 aromatic rings. The van der Waals surface area contributed by atoms with Gasteiger partial charge in [0.25, 0.3) is 0 Å². The highest BCUT2D eigenvalue weighted by atomic mass is 16.6. The molecule has 0 bridgehead atoms. The lowest BCUT2D eigenvalue weighted by atomic mass is 10.1. The summed E-state index contributed by atoms with van der Waals surface area (Å²) in [5.74, 6) is -0.915. The molecule has 0 rings (SSSR count). The molecule has 1 atom stereocenters. The SMILES string of the molecule is CCCCC\C=C/C=C\C=C/C=C\CCCCCCCC(=O)OCC(COC(=O)CCCCCCCCCCCC)OC(=O)CCCCCCCCC/C=C\C/C=C\CCCCC. The maximum absolute atomic E-state index is 12.8. The van der Waals surface area contributed by atoms with Gasteiger partial charge < -0.3 is 14.2 Å². The van der Waals surface area contributed by atoms with Gasteiger partial charge in [0.05, 0.1) is 0 Å². The summed E-state index contributed by atoms with van der Waals surface area (Å²) >= 11 is 0. The summed E-state index contributed by atoms with van der Waals surface area (Å²) < 4.78 is 16.8. The highest BCUT2D eigenvalue weighted by Gasteiger charge is 2.19. The Balaban J connectivity index is 4.41.